The number of hydrogen-bond acceptors (Lipinski definition) is 6. The van der Waals surface area contributed by atoms with Crippen LogP contribution >= 0.6 is 0 Å². The third-order valence-electron chi connectivity index (χ3n) is 9.77. The lowest BCUT2D eigenvalue weighted by Gasteiger charge is -2.37. The first-order valence-electron chi connectivity index (χ1n) is 16.4. The monoisotopic (exact) mass is 604 g/mol. The molecule has 44 heavy (non-hydrogen) atoms. The highest BCUT2D eigenvalue weighted by Crippen LogP contribution is 2.33. The summed E-state index contributed by atoms with van der Waals surface area (Å²) in [6.45, 7) is 2.32. The molecule has 1 fully saturated rings. The first kappa shape index (κ1) is 32.0. The minimum absolute atomic E-state index is 0.0800. The summed E-state index contributed by atoms with van der Waals surface area (Å²) < 4.78 is 6.56. The highest BCUT2D eigenvalue weighted by Gasteiger charge is 2.38. The number of likely N-dealkylation sites (N-methyl/N-ethyl adjacent to an activating group) is 1. The van der Waals surface area contributed by atoms with Crippen LogP contribution in [0.3, 0.4) is 0 Å². The number of fused-ring (bicyclic) bond motifs is 1. The van der Waals surface area contributed by atoms with Crippen molar-refractivity contribution in [2.75, 3.05) is 26.7 Å². The van der Waals surface area contributed by atoms with Gasteiger partial charge in [-0.1, -0.05) is 74.7 Å². The molecule has 5 atom stereocenters. The molecule has 5 rings (SSSR count). The number of nitrogens with zero attached hydrogens (tertiary/aromatic N) is 1. The smallest absolute Gasteiger partial charge is 0.245 e. The van der Waals surface area contributed by atoms with Gasteiger partial charge in [0, 0.05) is 26.1 Å². The van der Waals surface area contributed by atoms with Crippen LogP contribution in [0.25, 0.3) is 0 Å². The zero-order chi connectivity index (χ0) is 31.1. The minimum Gasteiger partial charge on any atom is -0.489 e. The van der Waals surface area contributed by atoms with Crippen molar-refractivity contribution in [1.82, 2.24) is 20.9 Å². The zero-order valence-corrected chi connectivity index (χ0v) is 26.1. The van der Waals surface area contributed by atoms with Gasteiger partial charge in [0.15, 0.2) is 0 Å². The molecule has 2 aromatic rings. The Bertz CT molecular complexity index is 1280. The quantitative estimate of drug-likeness (QED) is 0.426. The molecule has 3 amide bonds. The average Bonchev–Trinajstić information content (AvgIpc) is 3.06. The maximum absolute atomic E-state index is 14.1. The second-order valence-corrected chi connectivity index (χ2v) is 12.7. The summed E-state index contributed by atoms with van der Waals surface area (Å²) in [4.78, 5) is 42.8. The molecule has 4 N–H and O–H groups in total. The van der Waals surface area contributed by atoms with E-state index in [1.54, 1.807) is 7.05 Å². The van der Waals surface area contributed by atoms with Crippen LogP contribution < -0.4 is 20.7 Å². The van der Waals surface area contributed by atoms with Gasteiger partial charge in [0.2, 0.25) is 17.7 Å². The van der Waals surface area contributed by atoms with Crippen LogP contribution in [0.15, 0.2) is 48.5 Å². The van der Waals surface area contributed by atoms with Crippen molar-refractivity contribution in [2.24, 2.45) is 5.92 Å². The first-order valence-corrected chi connectivity index (χ1v) is 16.4. The number of aliphatic hydroxyl groups is 1. The van der Waals surface area contributed by atoms with Crippen molar-refractivity contribution in [1.29, 1.82) is 0 Å². The molecule has 2 bridgehead atoms. The summed E-state index contributed by atoms with van der Waals surface area (Å²) in [5, 5.41) is 19.9. The third kappa shape index (κ3) is 7.44. The van der Waals surface area contributed by atoms with E-state index in [9.17, 15) is 19.5 Å². The molecule has 0 radical (unpaired) electrons. The maximum atomic E-state index is 14.1. The van der Waals surface area contributed by atoms with Gasteiger partial charge in [0.25, 0.3) is 0 Å². The summed E-state index contributed by atoms with van der Waals surface area (Å²) in [6, 6.07) is 13.3. The SMILES string of the molecule is CC(c1ccccc1)[C@H]1NC(=O)[C@H](CO)N(C)C(=O)[C@H](C2CCCCC2)NCC2CCc3cccc(c3O2)CCCNC1=O. The number of carbonyl (C=O) groups is 3. The van der Waals surface area contributed by atoms with Crippen LogP contribution in [0.1, 0.15) is 74.5 Å². The number of aliphatic hydroxyl groups excluding tert-OH is 1. The van der Waals surface area contributed by atoms with Crippen molar-refractivity contribution >= 4 is 17.7 Å². The summed E-state index contributed by atoms with van der Waals surface area (Å²) >= 11 is 0. The van der Waals surface area contributed by atoms with E-state index >= 15 is 0 Å². The lowest BCUT2D eigenvalue weighted by atomic mass is 9.83. The highest BCUT2D eigenvalue weighted by atomic mass is 16.5. The van der Waals surface area contributed by atoms with Crippen LogP contribution in [0, 0.1) is 5.92 Å². The second-order valence-electron chi connectivity index (χ2n) is 12.7. The number of ether oxygens (including phenoxy) is 1. The molecule has 9 heteroatoms. The van der Waals surface area contributed by atoms with Crippen molar-refractivity contribution in [2.45, 2.75) is 94.9 Å². The molecule has 2 unspecified atom stereocenters. The largest absolute Gasteiger partial charge is 0.489 e. The summed E-state index contributed by atoms with van der Waals surface area (Å²) in [6.07, 6.45) is 8.29. The lowest BCUT2D eigenvalue weighted by Crippen LogP contribution is -2.60. The molecule has 0 aromatic heterocycles. The van der Waals surface area contributed by atoms with E-state index in [1.165, 1.54) is 10.5 Å². The molecule has 2 heterocycles. The first-order chi connectivity index (χ1) is 21.4. The zero-order valence-electron chi connectivity index (χ0n) is 26.1. The fourth-order valence-corrected chi connectivity index (χ4v) is 7.02. The molecule has 238 valence electrons. The van der Waals surface area contributed by atoms with E-state index in [4.69, 9.17) is 4.74 Å². The van der Waals surface area contributed by atoms with Gasteiger partial charge in [-0.25, -0.2) is 0 Å². The Labute approximate surface area is 261 Å². The Morgan fingerprint density at radius 3 is 2.36 bits per heavy atom. The van der Waals surface area contributed by atoms with Gasteiger partial charge in [0.1, 0.15) is 23.9 Å². The Morgan fingerprint density at radius 1 is 0.909 bits per heavy atom. The molecule has 3 aliphatic rings. The Morgan fingerprint density at radius 2 is 1.64 bits per heavy atom. The topological polar surface area (TPSA) is 120 Å². The van der Waals surface area contributed by atoms with Crippen LogP contribution in [0.4, 0.5) is 0 Å². The molecule has 0 spiro atoms. The Kier molecular flexibility index (Phi) is 10.9. The van der Waals surface area contributed by atoms with Gasteiger partial charge >= 0.3 is 0 Å². The number of para-hydroxylation sites is 1. The van der Waals surface area contributed by atoms with Gasteiger partial charge in [0.05, 0.1) is 12.6 Å². The highest BCUT2D eigenvalue weighted by molar-refractivity contribution is 5.93. The molecule has 1 aliphatic carbocycles. The number of amides is 3. The van der Waals surface area contributed by atoms with Crippen LogP contribution in [0.5, 0.6) is 5.75 Å². The van der Waals surface area contributed by atoms with Crippen LogP contribution in [-0.2, 0) is 27.2 Å². The summed E-state index contributed by atoms with van der Waals surface area (Å²) in [5.74, 6) is -0.342. The summed E-state index contributed by atoms with van der Waals surface area (Å²) in [5.41, 5.74) is 3.22. The normalized spacial score (nSPS) is 26.9. The number of aryl methyl sites for hydroxylation is 2. The number of nitrogens with one attached hydrogen (secondary N) is 3. The minimum atomic E-state index is -1.13. The predicted molar refractivity (Wildman–Crippen MR) is 169 cm³/mol. The lowest BCUT2D eigenvalue weighted by molar-refractivity contribution is -0.144. The average molecular weight is 605 g/mol. The van der Waals surface area contributed by atoms with E-state index in [1.807, 2.05) is 37.3 Å². The van der Waals surface area contributed by atoms with Crippen LogP contribution in [-0.4, -0.2) is 78.7 Å². The summed E-state index contributed by atoms with van der Waals surface area (Å²) in [7, 11) is 1.58. The van der Waals surface area contributed by atoms with E-state index < -0.39 is 30.6 Å². The van der Waals surface area contributed by atoms with E-state index in [0.717, 1.165) is 74.7 Å². The van der Waals surface area contributed by atoms with Gasteiger partial charge < -0.3 is 30.7 Å². The van der Waals surface area contributed by atoms with Crippen molar-refractivity contribution < 1.29 is 24.2 Å². The van der Waals surface area contributed by atoms with Gasteiger partial charge in [-0.2, -0.15) is 0 Å². The Hall–Kier alpha value is -3.43. The predicted octanol–water partition coefficient (Wildman–Crippen LogP) is 3.09. The van der Waals surface area contributed by atoms with Crippen molar-refractivity contribution in [3.05, 3.63) is 65.2 Å². The molecule has 1 saturated carbocycles. The van der Waals surface area contributed by atoms with E-state index in [-0.39, 0.29) is 29.8 Å². The van der Waals surface area contributed by atoms with E-state index in [0.29, 0.717) is 13.1 Å². The van der Waals surface area contributed by atoms with Crippen molar-refractivity contribution in [3.8, 4) is 5.75 Å². The molecule has 0 saturated heterocycles. The fraction of sp³-hybridized carbons (Fsp3) is 0.571. The maximum Gasteiger partial charge on any atom is 0.245 e. The molecular formula is C35H48N4O5. The second kappa shape index (κ2) is 15.0. The molecular weight excluding hydrogens is 556 g/mol. The number of hydrogen-bond donors (Lipinski definition) is 4. The molecule has 9 nitrogen and oxygen atoms in total. The fourth-order valence-electron chi connectivity index (χ4n) is 7.02. The van der Waals surface area contributed by atoms with Crippen LogP contribution in [0.2, 0.25) is 0 Å². The number of carbonyl (C=O) groups excluding carboxylic acids is 3. The number of benzene rings is 2. The third-order valence-corrected chi connectivity index (χ3v) is 9.77. The van der Waals surface area contributed by atoms with Gasteiger partial charge in [-0.15, -0.1) is 0 Å². The molecule has 2 aromatic carbocycles. The number of rotatable bonds is 4. The standard InChI is InChI=1S/C35H48N4O5/c1-23(24-11-5-3-6-12-24)30-34(42)36-20-10-17-26-15-9-16-27-18-19-28(44-32(26)27)21-37-31(25-13-7-4-8-14-25)35(43)39(2)29(22-40)33(41)38-30/h3,5-6,9,11-12,15-16,23,25,28-31,37,40H,4,7-8,10,13-14,17-22H2,1-2H3,(H,36,42)(H,38,41)/t23?,28?,29-,30+,31-/m0/s1. The Balaban J connectivity index is 1.45. The van der Waals surface area contributed by atoms with Crippen molar-refractivity contribution in [3.63, 3.8) is 0 Å². The van der Waals surface area contributed by atoms with E-state index in [2.05, 4.69) is 34.1 Å². The van der Waals surface area contributed by atoms with Gasteiger partial charge in [-0.05, 0) is 61.1 Å². The molecule has 2 aliphatic heterocycles. The van der Waals surface area contributed by atoms with Gasteiger partial charge in [-0.3, -0.25) is 14.4 Å².